The number of allylic oxidation sites excluding steroid dienone is 6. The number of ketones is 2. The first-order valence-electron chi connectivity index (χ1n) is 12.4. The molecule has 1 fully saturated rings. The number of rotatable bonds is 3. The minimum atomic E-state index is -0.767. The van der Waals surface area contributed by atoms with Gasteiger partial charge < -0.3 is 9.84 Å². The number of phenolic OH excluding ortho intramolecular Hbond substituents is 1. The van der Waals surface area contributed by atoms with Gasteiger partial charge in [0.05, 0.1) is 24.6 Å². The van der Waals surface area contributed by atoms with Gasteiger partial charge in [-0.15, -0.1) is 0 Å². The summed E-state index contributed by atoms with van der Waals surface area (Å²) in [5.41, 5.74) is 2.67. The van der Waals surface area contributed by atoms with Crippen molar-refractivity contribution >= 4 is 51.7 Å². The first-order valence-corrected chi connectivity index (χ1v) is 13.5. The second kappa shape index (κ2) is 9.04. The molecule has 1 aliphatic heterocycles. The zero-order chi connectivity index (χ0) is 26.9. The number of imide groups is 1. The van der Waals surface area contributed by atoms with Crippen molar-refractivity contribution < 1.29 is 29.0 Å². The highest BCUT2D eigenvalue weighted by atomic mass is 127. The Morgan fingerprint density at radius 3 is 2.45 bits per heavy atom. The van der Waals surface area contributed by atoms with Crippen LogP contribution in [0, 0.1) is 21.3 Å². The van der Waals surface area contributed by atoms with Gasteiger partial charge in [0.1, 0.15) is 11.5 Å². The molecule has 4 aliphatic rings. The molecule has 192 valence electrons. The van der Waals surface area contributed by atoms with Crippen molar-refractivity contribution in [3.8, 4) is 11.5 Å². The Bertz CT molecular complexity index is 1530. The number of amides is 2. The van der Waals surface area contributed by atoms with E-state index in [9.17, 15) is 24.3 Å². The lowest BCUT2D eigenvalue weighted by Crippen LogP contribution is -2.40. The molecule has 1 N–H and O–H groups in total. The van der Waals surface area contributed by atoms with Gasteiger partial charge >= 0.3 is 0 Å². The molecule has 1 saturated heterocycles. The second-order valence-electron chi connectivity index (χ2n) is 10.1. The SMILES string of the molecule is COc1cccc(O)c1C1C2=CCC3C(=O)N(c4ccc(I)cc4)C(=O)C3C2CC2=C1C(=O)C(C)=CC2=O. The average Bonchev–Trinajstić information content (AvgIpc) is 3.16. The number of ether oxygens (including phenoxy) is 1. The monoisotopic (exact) mass is 621 g/mol. The summed E-state index contributed by atoms with van der Waals surface area (Å²) in [6, 6.07) is 12.1. The summed E-state index contributed by atoms with van der Waals surface area (Å²) in [7, 11) is 1.48. The molecule has 8 heteroatoms. The summed E-state index contributed by atoms with van der Waals surface area (Å²) in [5, 5.41) is 11.0. The van der Waals surface area contributed by atoms with Gasteiger partial charge in [0.25, 0.3) is 0 Å². The maximum atomic E-state index is 13.9. The highest BCUT2D eigenvalue weighted by Crippen LogP contribution is 2.57. The second-order valence-corrected chi connectivity index (χ2v) is 11.4. The molecule has 2 aromatic rings. The van der Waals surface area contributed by atoms with Gasteiger partial charge in [-0.3, -0.25) is 24.1 Å². The van der Waals surface area contributed by atoms with Gasteiger partial charge in [-0.1, -0.05) is 17.7 Å². The van der Waals surface area contributed by atoms with Crippen LogP contribution in [0.15, 0.2) is 76.9 Å². The van der Waals surface area contributed by atoms with E-state index in [0.717, 1.165) is 9.14 Å². The first-order chi connectivity index (χ1) is 18.2. The van der Waals surface area contributed by atoms with Crippen LogP contribution < -0.4 is 9.64 Å². The van der Waals surface area contributed by atoms with Crippen LogP contribution >= 0.6 is 22.6 Å². The number of phenols is 1. The van der Waals surface area contributed by atoms with Crippen molar-refractivity contribution in [2.24, 2.45) is 17.8 Å². The van der Waals surface area contributed by atoms with Crippen LogP contribution in [-0.4, -0.2) is 35.6 Å². The predicted octanol–water partition coefficient (Wildman–Crippen LogP) is 4.64. The fourth-order valence-electron chi connectivity index (χ4n) is 6.54. The van der Waals surface area contributed by atoms with Crippen molar-refractivity contribution in [2.75, 3.05) is 12.0 Å². The number of anilines is 1. The van der Waals surface area contributed by atoms with E-state index in [4.69, 9.17) is 4.74 Å². The van der Waals surface area contributed by atoms with E-state index < -0.39 is 23.7 Å². The number of halogens is 1. The van der Waals surface area contributed by atoms with Crippen LogP contribution in [0.1, 0.15) is 31.2 Å². The van der Waals surface area contributed by atoms with E-state index in [1.165, 1.54) is 24.2 Å². The normalized spacial score (nSPS) is 26.6. The van der Waals surface area contributed by atoms with E-state index in [-0.39, 0.29) is 35.6 Å². The standard InChI is InChI=1S/C30H24INO6/c1-14-12-22(34)20-13-19-17(25(26(20)28(14)35)27-21(33)4-3-5-23(27)38-2)10-11-18-24(19)30(37)32(29(18)36)16-8-6-15(31)7-9-16/h3-10,12,18-19,24-25,33H,11,13H2,1-2H3. The lowest BCUT2D eigenvalue weighted by molar-refractivity contribution is -0.123. The molecule has 4 unspecified atom stereocenters. The summed E-state index contributed by atoms with van der Waals surface area (Å²) in [6.45, 7) is 1.61. The van der Waals surface area contributed by atoms with E-state index in [1.807, 2.05) is 18.2 Å². The van der Waals surface area contributed by atoms with E-state index in [1.54, 1.807) is 31.2 Å². The Hall–Kier alpha value is -3.53. The molecule has 4 atom stereocenters. The highest BCUT2D eigenvalue weighted by molar-refractivity contribution is 14.1. The zero-order valence-electron chi connectivity index (χ0n) is 20.7. The Morgan fingerprint density at radius 1 is 1.00 bits per heavy atom. The Morgan fingerprint density at radius 2 is 1.74 bits per heavy atom. The molecule has 0 bridgehead atoms. The predicted molar refractivity (Wildman–Crippen MR) is 148 cm³/mol. The number of hydrogen-bond acceptors (Lipinski definition) is 6. The number of aromatic hydroxyl groups is 1. The van der Waals surface area contributed by atoms with Crippen molar-refractivity contribution in [3.05, 3.63) is 86.0 Å². The summed E-state index contributed by atoms with van der Waals surface area (Å²) in [4.78, 5) is 55.5. The largest absolute Gasteiger partial charge is 0.507 e. The maximum Gasteiger partial charge on any atom is 0.238 e. The molecular formula is C30H24INO6. The number of benzene rings is 2. The van der Waals surface area contributed by atoms with Crippen molar-refractivity contribution in [1.82, 2.24) is 0 Å². The lowest BCUT2D eigenvalue weighted by atomic mass is 9.59. The topological polar surface area (TPSA) is 101 Å². The third-order valence-electron chi connectivity index (χ3n) is 8.20. The number of Topliss-reactive ketones (excluding diaryl/α,β-unsaturated/α-hetero) is 1. The van der Waals surface area contributed by atoms with Gasteiger partial charge in [-0.2, -0.15) is 0 Å². The third kappa shape index (κ3) is 3.53. The molecule has 0 saturated carbocycles. The first kappa shape index (κ1) is 24.8. The molecule has 1 heterocycles. The smallest absolute Gasteiger partial charge is 0.238 e. The molecule has 6 rings (SSSR count). The van der Waals surface area contributed by atoms with Gasteiger partial charge in [0.2, 0.25) is 11.8 Å². The van der Waals surface area contributed by atoms with Crippen molar-refractivity contribution in [3.63, 3.8) is 0 Å². The lowest BCUT2D eigenvalue weighted by Gasteiger charge is -2.42. The highest BCUT2D eigenvalue weighted by Gasteiger charge is 2.57. The van der Waals surface area contributed by atoms with Crippen LogP contribution in [0.3, 0.4) is 0 Å². The van der Waals surface area contributed by atoms with Gasteiger partial charge in [-0.25, -0.2) is 0 Å². The summed E-state index contributed by atoms with van der Waals surface area (Å²) < 4.78 is 6.57. The minimum Gasteiger partial charge on any atom is -0.507 e. The summed E-state index contributed by atoms with van der Waals surface area (Å²) in [5.74, 6) is -3.25. The molecular weight excluding hydrogens is 597 g/mol. The van der Waals surface area contributed by atoms with E-state index >= 15 is 0 Å². The number of hydrogen-bond donors (Lipinski definition) is 1. The number of carbonyl (C=O) groups is 4. The van der Waals surface area contributed by atoms with Gasteiger partial charge in [-0.05, 0) is 90.7 Å². The third-order valence-corrected chi connectivity index (χ3v) is 8.92. The van der Waals surface area contributed by atoms with Crippen LogP contribution in [-0.2, 0) is 19.2 Å². The number of methoxy groups -OCH3 is 1. The molecule has 2 aromatic carbocycles. The minimum absolute atomic E-state index is 0.0633. The quantitative estimate of drug-likeness (QED) is 0.232. The van der Waals surface area contributed by atoms with Gasteiger partial charge in [0, 0.05) is 31.8 Å². The van der Waals surface area contributed by atoms with Crippen molar-refractivity contribution in [1.29, 1.82) is 0 Å². The Labute approximate surface area is 233 Å². The fraction of sp³-hybridized carbons (Fsp3) is 0.267. The van der Waals surface area contributed by atoms with Crippen LogP contribution in [0.5, 0.6) is 11.5 Å². The summed E-state index contributed by atoms with van der Waals surface area (Å²) >= 11 is 2.17. The molecule has 0 radical (unpaired) electrons. The number of fused-ring (bicyclic) bond motifs is 3. The molecule has 3 aliphatic carbocycles. The van der Waals surface area contributed by atoms with Crippen molar-refractivity contribution in [2.45, 2.75) is 25.7 Å². The molecule has 0 spiro atoms. The molecule has 38 heavy (non-hydrogen) atoms. The average molecular weight is 621 g/mol. The van der Waals surface area contributed by atoms with Crippen LogP contribution in [0.2, 0.25) is 0 Å². The Balaban J connectivity index is 1.52. The van der Waals surface area contributed by atoms with Gasteiger partial charge in [0.15, 0.2) is 11.6 Å². The number of carbonyl (C=O) groups excluding carboxylic acids is 4. The summed E-state index contributed by atoms with van der Waals surface area (Å²) in [6.07, 6.45) is 3.78. The molecule has 0 aromatic heterocycles. The van der Waals surface area contributed by atoms with E-state index in [2.05, 4.69) is 22.6 Å². The van der Waals surface area contributed by atoms with Crippen LogP contribution in [0.4, 0.5) is 5.69 Å². The maximum absolute atomic E-state index is 13.9. The number of nitrogens with zero attached hydrogens (tertiary/aromatic N) is 1. The van der Waals surface area contributed by atoms with E-state index in [0.29, 0.717) is 40.1 Å². The molecule has 7 nitrogen and oxygen atoms in total. The van der Waals surface area contributed by atoms with Crippen LogP contribution in [0.25, 0.3) is 0 Å². The fourth-order valence-corrected chi connectivity index (χ4v) is 6.90. The molecule has 2 amide bonds. The Kier molecular flexibility index (Phi) is 5.90. The zero-order valence-corrected chi connectivity index (χ0v) is 22.9.